The summed E-state index contributed by atoms with van der Waals surface area (Å²) < 4.78 is 11.0. The summed E-state index contributed by atoms with van der Waals surface area (Å²) >= 11 is 0. The van der Waals surface area contributed by atoms with Crippen molar-refractivity contribution in [3.63, 3.8) is 0 Å². The fraction of sp³-hybridized carbons (Fsp3) is 0.222. The van der Waals surface area contributed by atoms with Gasteiger partial charge in [0.05, 0.1) is 31.1 Å². The first kappa shape index (κ1) is 20.5. The molecule has 0 aliphatic rings. The number of aromatic amines is 1. The second-order valence-corrected chi connectivity index (χ2v) is 5.96. The third-order valence-electron chi connectivity index (χ3n) is 4.03. The van der Waals surface area contributed by atoms with Crippen LogP contribution in [-0.4, -0.2) is 52.5 Å². The molecule has 0 saturated carbocycles. The van der Waals surface area contributed by atoms with E-state index in [-0.39, 0.29) is 53.0 Å². The predicted octanol–water partition coefficient (Wildman–Crippen LogP) is 0.0711. The lowest BCUT2D eigenvalue weighted by atomic mass is 10.2. The molecule has 0 bridgehead atoms. The Balaban J connectivity index is 1.91. The highest BCUT2D eigenvalue weighted by molar-refractivity contribution is 6.03. The van der Waals surface area contributed by atoms with Crippen LogP contribution < -0.4 is 31.4 Å². The smallest absolute Gasteiger partial charge is 0.261 e. The van der Waals surface area contributed by atoms with Crippen molar-refractivity contribution in [1.82, 2.24) is 25.3 Å². The van der Waals surface area contributed by atoms with E-state index >= 15 is 0 Å². The summed E-state index contributed by atoms with van der Waals surface area (Å²) in [4.78, 5) is 50.4. The number of nitrogen functional groups attached to an aromatic ring is 1. The lowest BCUT2D eigenvalue weighted by molar-refractivity contribution is -0.121. The van der Waals surface area contributed by atoms with Crippen LogP contribution in [0.5, 0.6) is 11.5 Å². The zero-order valence-electron chi connectivity index (χ0n) is 16.2. The Kier molecular flexibility index (Phi) is 6.05. The predicted molar refractivity (Wildman–Crippen MR) is 107 cm³/mol. The maximum absolute atomic E-state index is 12.4. The Hall–Kier alpha value is -4.22. The summed E-state index contributed by atoms with van der Waals surface area (Å²) in [7, 11) is 2.93. The van der Waals surface area contributed by atoms with Crippen molar-refractivity contribution in [2.45, 2.75) is 6.42 Å². The number of carbonyl (C=O) groups is 2. The van der Waals surface area contributed by atoms with Gasteiger partial charge < -0.3 is 20.5 Å². The van der Waals surface area contributed by atoms with Crippen molar-refractivity contribution in [1.29, 1.82) is 0 Å². The third-order valence-corrected chi connectivity index (χ3v) is 4.03. The molecule has 2 amide bonds. The Labute approximate surface area is 169 Å². The lowest BCUT2D eigenvalue weighted by Crippen LogP contribution is -2.20. The molecule has 0 atom stereocenters. The number of hydrogen-bond acceptors (Lipinski definition) is 9. The van der Waals surface area contributed by atoms with E-state index < -0.39 is 11.5 Å². The highest BCUT2D eigenvalue weighted by Crippen LogP contribution is 2.33. The standard InChI is InChI=1S/C18H19N7O5/c1-20-12(26)5-6-30-11-4-3-10-13(14(11)29-2)23-18(25-16(10)28)24-15(27)9-7-21-17(19)22-8-9/h3-4,7-8H,5-6H2,1-2H3,(H,20,26)(H2,19,21,22)(H2,23,24,25,27,28). The van der Waals surface area contributed by atoms with Crippen molar-refractivity contribution in [3.8, 4) is 11.5 Å². The van der Waals surface area contributed by atoms with Crippen molar-refractivity contribution in [2.24, 2.45) is 0 Å². The summed E-state index contributed by atoms with van der Waals surface area (Å²) in [5.74, 6) is -0.346. The van der Waals surface area contributed by atoms with Crippen LogP contribution in [0.15, 0.2) is 29.3 Å². The lowest BCUT2D eigenvalue weighted by Gasteiger charge is -2.13. The molecule has 5 N–H and O–H groups in total. The van der Waals surface area contributed by atoms with Crippen LogP contribution in [0.25, 0.3) is 10.9 Å². The summed E-state index contributed by atoms with van der Waals surface area (Å²) in [5.41, 5.74) is 5.23. The fourth-order valence-electron chi connectivity index (χ4n) is 2.55. The minimum atomic E-state index is -0.588. The first-order chi connectivity index (χ1) is 14.4. The maximum Gasteiger partial charge on any atom is 0.261 e. The Morgan fingerprint density at radius 2 is 1.97 bits per heavy atom. The SMILES string of the molecule is CNC(=O)CCOc1ccc2c(=O)[nH]c(NC(=O)c3cnc(N)nc3)nc2c1OC. The maximum atomic E-state index is 12.4. The molecule has 0 saturated heterocycles. The molecular weight excluding hydrogens is 394 g/mol. The van der Waals surface area contributed by atoms with Crippen LogP contribution in [0.2, 0.25) is 0 Å². The van der Waals surface area contributed by atoms with E-state index in [0.717, 1.165) is 0 Å². The van der Waals surface area contributed by atoms with Gasteiger partial charge in [-0.05, 0) is 12.1 Å². The number of fused-ring (bicyclic) bond motifs is 1. The second kappa shape index (κ2) is 8.86. The fourth-order valence-corrected chi connectivity index (χ4v) is 2.55. The minimum absolute atomic E-state index is 0.0254. The molecule has 0 unspecified atom stereocenters. The summed E-state index contributed by atoms with van der Waals surface area (Å²) in [6.45, 7) is 0.103. The summed E-state index contributed by atoms with van der Waals surface area (Å²) in [5, 5.41) is 5.20. The number of amides is 2. The monoisotopic (exact) mass is 413 g/mol. The molecule has 3 rings (SSSR count). The van der Waals surface area contributed by atoms with Crippen LogP contribution in [0.1, 0.15) is 16.8 Å². The number of anilines is 2. The highest BCUT2D eigenvalue weighted by atomic mass is 16.5. The molecule has 12 nitrogen and oxygen atoms in total. The zero-order chi connectivity index (χ0) is 21.7. The van der Waals surface area contributed by atoms with Crippen LogP contribution in [0.4, 0.5) is 11.9 Å². The van der Waals surface area contributed by atoms with E-state index in [1.807, 2.05) is 0 Å². The van der Waals surface area contributed by atoms with Crippen LogP contribution in [0, 0.1) is 0 Å². The van der Waals surface area contributed by atoms with Crippen molar-refractivity contribution in [3.05, 3.63) is 40.4 Å². The van der Waals surface area contributed by atoms with Gasteiger partial charge in [-0.15, -0.1) is 0 Å². The van der Waals surface area contributed by atoms with Gasteiger partial charge in [0.1, 0.15) is 5.52 Å². The molecule has 156 valence electrons. The van der Waals surface area contributed by atoms with Crippen molar-refractivity contribution >= 4 is 34.6 Å². The topological polar surface area (TPSA) is 174 Å². The Bertz CT molecular complexity index is 1140. The van der Waals surface area contributed by atoms with E-state index in [0.29, 0.717) is 5.75 Å². The van der Waals surface area contributed by atoms with Gasteiger partial charge in [-0.3, -0.25) is 24.7 Å². The molecule has 12 heteroatoms. The van der Waals surface area contributed by atoms with Crippen LogP contribution in [0.3, 0.4) is 0 Å². The molecular formula is C18H19N7O5. The molecule has 1 aromatic carbocycles. The third kappa shape index (κ3) is 4.43. The van der Waals surface area contributed by atoms with Gasteiger partial charge in [-0.25, -0.2) is 15.0 Å². The first-order valence-electron chi connectivity index (χ1n) is 8.76. The Morgan fingerprint density at radius 3 is 2.63 bits per heavy atom. The van der Waals surface area contributed by atoms with E-state index in [1.54, 1.807) is 6.07 Å². The number of hydrogen-bond donors (Lipinski definition) is 4. The van der Waals surface area contributed by atoms with E-state index in [9.17, 15) is 14.4 Å². The van der Waals surface area contributed by atoms with Gasteiger partial charge in [0, 0.05) is 19.4 Å². The van der Waals surface area contributed by atoms with Gasteiger partial charge in [0.15, 0.2) is 11.5 Å². The highest BCUT2D eigenvalue weighted by Gasteiger charge is 2.16. The van der Waals surface area contributed by atoms with Gasteiger partial charge in [0.2, 0.25) is 17.8 Å². The second-order valence-electron chi connectivity index (χ2n) is 5.96. The molecule has 3 aromatic rings. The molecule has 0 spiro atoms. The van der Waals surface area contributed by atoms with Crippen LogP contribution >= 0.6 is 0 Å². The number of nitrogens with one attached hydrogen (secondary N) is 3. The zero-order valence-corrected chi connectivity index (χ0v) is 16.2. The van der Waals surface area contributed by atoms with E-state index in [1.165, 1.54) is 32.6 Å². The molecule has 2 aromatic heterocycles. The average Bonchev–Trinajstić information content (AvgIpc) is 2.73. The van der Waals surface area contributed by atoms with Gasteiger partial charge >= 0.3 is 0 Å². The molecule has 0 radical (unpaired) electrons. The van der Waals surface area contributed by atoms with Crippen molar-refractivity contribution in [2.75, 3.05) is 31.8 Å². The Morgan fingerprint density at radius 1 is 1.23 bits per heavy atom. The van der Waals surface area contributed by atoms with Crippen LogP contribution in [-0.2, 0) is 4.79 Å². The van der Waals surface area contributed by atoms with Gasteiger partial charge in [0.25, 0.3) is 11.5 Å². The molecule has 2 heterocycles. The van der Waals surface area contributed by atoms with Gasteiger partial charge in [-0.2, -0.15) is 0 Å². The molecule has 0 aliphatic carbocycles. The number of benzene rings is 1. The number of ether oxygens (including phenoxy) is 2. The minimum Gasteiger partial charge on any atom is -0.491 e. The summed E-state index contributed by atoms with van der Waals surface area (Å²) in [6, 6.07) is 3.06. The number of carbonyl (C=O) groups excluding carboxylic acids is 2. The number of nitrogens with zero attached hydrogens (tertiary/aromatic N) is 3. The van der Waals surface area contributed by atoms with Crippen molar-refractivity contribution < 1.29 is 19.1 Å². The number of methoxy groups -OCH3 is 1. The van der Waals surface area contributed by atoms with E-state index in [4.69, 9.17) is 15.2 Å². The largest absolute Gasteiger partial charge is 0.491 e. The number of rotatable bonds is 7. The summed E-state index contributed by atoms with van der Waals surface area (Å²) in [6.07, 6.45) is 2.64. The number of nitrogens with two attached hydrogens (primary N) is 1. The van der Waals surface area contributed by atoms with Gasteiger partial charge in [-0.1, -0.05) is 0 Å². The quantitative estimate of drug-likeness (QED) is 0.418. The normalized spacial score (nSPS) is 10.5. The molecule has 0 fully saturated rings. The number of H-pyrrole nitrogens is 1. The molecule has 0 aliphatic heterocycles. The number of aromatic nitrogens is 4. The molecule has 30 heavy (non-hydrogen) atoms. The average molecular weight is 413 g/mol. The van der Waals surface area contributed by atoms with E-state index in [2.05, 4.69) is 30.6 Å². The first-order valence-corrected chi connectivity index (χ1v) is 8.76.